The first-order valence-corrected chi connectivity index (χ1v) is 8.14. The number of sulfone groups is 1. The van der Waals surface area contributed by atoms with Gasteiger partial charge in [0.1, 0.15) is 9.84 Å². The van der Waals surface area contributed by atoms with Crippen LogP contribution >= 0.6 is 11.6 Å². The summed E-state index contributed by atoms with van der Waals surface area (Å²) in [4.78, 5) is 1.81. The molecular formula is C12H19ClN2O3S. The van der Waals surface area contributed by atoms with E-state index in [0.29, 0.717) is 16.3 Å². The fraction of sp³-hybridized carbons (Fsp3) is 0.500. The van der Waals surface area contributed by atoms with Crippen LogP contribution in [0.2, 0.25) is 5.02 Å². The van der Waals surface area contributed by atoms with Crippen molar-refractivity contribution in [2.75, 3.05) is 43.4 Å². The number of hydrogen-bond acceptors (Lipinski definition) is 5. The van der Waals surface area contributed by atoms with Crippen molar-refractivity contribution in [2.24, 2.45) is 0 Å². The maximum Gasteiger partial charge on any atom is 0.150 e. The van der Waals surface area contributed by atoms with E-state index in [-0.39, 0.29) is 5.75 Å². The van der Waals surface area contributed by atoms with Gasteiger partial charge in [0.2, 0.25) is 0 Å². The summed E-state index contributed by atoms with van der Waals surface area (Å²) in [6.45, 7) is 0. The standard InChI is InChI=1S/C12H19ClN2O3S/c1-14-9-5-8(11(16)7-19(4,17)18)6-10(12(9)13)15(2)3/h5-6,11,14,16H,7H2,1-4H3. The minimum Gasteiger partial charge on any atom is -0.387 e. The number of hydrogen-bond donors (Lipinski definition) is 2. The van der Waals surface area contributed by atoms with Crippen molar-refractivity contribution >= 4 is 32.8 Å². The summed E-state index contributed by atoms with van der Waals surface area (Å²) in [6, 6.07) is 3.35. The molecule has 0 heterocycles. The molecule has 0 spiro atoms. The maximum atomic E-state index is 11.2. The van der Waals surface area contributed by atoms with Crippen molar-refractivity contribution in [2.45, 2.75) is 6.10 Å². The van der Waals surface area contributed by atoms with Crippen LogP contribution in [0, 0.1) is 0 Å². The van der Waals surface area contributed by atoms with Crippen molar-refractivity contribution in [3.05, 3.63) is 22.7 Å². The summed E-state index contributed by atoms with van der Waals surface area (Å²) in [5.74, 6) is -0.315. The van der Waals surface area contributed by atoms with Gasteiger partial charge in [-0.25, -0.2) is 8.42 Å². The average molecular weight is 307 g/mol. The van der Waals surface area contributed by atoms with Crippen LogP contribution in [0.15, 0.2) is 12.1 Å². The van der Waals surface area contributed by atoms with Crippen molar-refractivity contribution in [3.63, 3.8) is 0 Å². The van der Waals surface area contributed by atoms with Gasteiger partial charge in [-0.3, -0.25) is 0 Å². The van der Waals surface area contributed by atoms with E-state index < -0.39 is 15.9 Å². The molecule has 1 atom stereocenters. The molecule has 1 rings (SSSR count). The summed E-state index contributed by atoms with van der Waals surface area (Å²) in [5.41, 5.74) is 1.88. The van der Waals surface area contributed by atoms with E-state index >= 15 is 0 Å². The minimum atomic E-state index is -3.25. The average Bonchev–Trinajstić information content (AvgIpc) is 2.26. The molecule has 0 amide bonds. The molecule has 0 saturated heterocycles. The van der Waals surface area contributed by atoms with Crippen LogP contribution in [-0.4, -0.2) is 46.7 Å². The Hall–Kier alpha value is -0.980. The molecule has 2 N–H and O–H groups in total. The monoisotopic (exact) mass is 306 g/mol. The second-order valence-corrected chi connectivity index (χ2v) is 7.22. The zero-order valence-corrected chi connectivity index (χ0v) is 13.0. The van der Waals surface area contributed by atoms with Crippen LogP contribution in [0.25, 0.3) is 0 Å². The molecule has 1 unspecified atom stereocenters. The van der Waals surface area contributed by atoms with Gasteiger partial charge in [-0.1, -0.05) is 11.6 Å². The zero-order chi connectivity index (χ0) is 14.8. The van der Waals surface area contributed by atoms with Gasteiger partial charge < -0.3 is 15.3 Å². The number of rotatable bonds is 5. The lowest BCUT2D eigenvalue weighted by molar-refractivity contribution is 0.202. The highest BCUT2D eigenvalue weighted by atomic mass is 35.5. The third-order valence-corrected chi connectivity index (χ3v) is 3.99. The number of aliphatic hydroxyl groups excluding tert-OH is 1. The van der Waals surface area contributed by atoms with E-state index in [1.54, 1.807) is 24.1 Å². The van der Waals surface area contributed by atoms with E-state index in [0.717, 1.165) is 11.9 Å². The van der Waals surface area contributed by atoms with E-state index in [4.69, 9.17) is 11.6 Å². The van der Waals surface area contributed by atoms with Crippen molar-refractivity contribution in [1.29, 1.82) is 0 Å². The predicted molar refractivity (Wildman–Crippen MR) is 80.0 cm³/mol. The van der Waals surface area contributed by atoms with Gasteiger partial charge in [0.25, 0.3) is 0 Å². The molecule has 0 aliphatic rings. The number of halogens is 1. The molecule has 7 heteroatoms. The molecule has 0 radical (unpaired) electrons. The highest BCUT2D eigenvalue weighted by Crippen LogP contribution is 2.35. The third kappa shape index (κ3) is 4.26. The van der Waals surface area contributed by atoms with Gasteiger partial charge in [0.05, 0.1) is 28.3 Å². The molecule has 19 heavy (non-hydrogen) atoms. The largest absolute Gasteiger partial charge is 0.387 e. The second kappa shape index (κ2) is 5.98. The summed E-state index contributed by atoms with van der Waals surface area (Å²) >= 11 is 6.21. The van der Waals surface area contributed by atoms with Gasteiger partial charge in [-0.15, -0.1) is 0 Å². The lowest BCUT2D eigenvalue weighted by atomic mass is 10.1. The summed E-state index contributed by atoms with van der Waals surface area (Å²) in [5, 5.41) is 13.5. The topological polar surface area (TPSA) is 69.6 Å². The Kier molecular flexibility index (Phi) is 5.06. The Morgan fingerprint density at radius 1 is 1.42 bits per heavy atom. The summed E-state index contributed by atoms with van der Waals surface area (Å²) in [7, 11) is 2.12. The lowest BCUT2D eigenvalue weighted by Gasteiger charge is -2.20. The van der Waals surface area contributed by atoms with E-state index in [1.807, 2.05) is 14.1 Å². The SMILES string of the molecule is CNc1cc(C(O)CS(C)(=O)=O)cc(N(C)C)c1Cl. The first-order valence-electron chi connectivity index (χ1n) is 5.70. The molecule has 5 nitrogen and oxygen atoms in total. The Labute approximate surface area is 119 Å². The molecule has 0 fully saturated rings. The van der Waals surface area contributed by atoms with Crippen LogP contribution in [-0.2, 0) is 9.84 Å². The first-order chi connectivity index (χ1) is 8.65. The Morgan fingerprint density at radius 2 is 2.00 bits per heavy atom. The van der Waals surface area contributed by atoms with Crippen LogP contribution in [0.1, 0.15) is 11.7 Å². The molecule has 0 aliphatic heterocycles. The van der Waals surface area contributed by atoms with Gasteiger partial charge >= 0.3 is 0 Å². The van der Waals surface area contributed by atoms with Gasteiger partial charge in [-0.05, 0) is 17.7 Å². The first kappa shape index (κ1) is 16.1. The Morgan fingerprint density at radius 3 is 2.42 bits per heavy atom. The van der Waals surface area contributed by atoms with Gasteiger partial charge in [0.15, 0.2) is 0 Å². The quantitative estimate of drug-likeness (QED) is 0.863. The normalized spacial score (nSPS) is 13.2. The highest BCUT2D eigenvalue weighted by Gasteiger charge is 2.18. The summed E-state index contributed by atoms with van der Waals surface area (Å²) in [6.07, 6.45) is 0.0240. The van der Waals surface area contributed by atoms with Gasteiger partial charge in [0, 0.05) is 27.4 Å². The van der Waals surface area contributed by atoms with E-state index in [9.17, 15) is 13.5 Å². The van der Waals surface area contributed by atoms with Crippen molar-refractivity contribution in [3.8, 4) is 0 Å². The van der Waals surface area contributed by atoms with Crippen LogP contribution in [0.5, 0.6) is 0 Å². The third-order valence-electron chi connectivity index (χ3n) is 2.67. The molecule has 0 bridgehead atoms. The van der Waals surface area contributed by atoms with Gasteiger partial charge in [-0.2, -0.15) is 0 Å². The van der Waals surface area contributed by atoms with Crippen molar-refractivity contribution in [1.82, 2.24) is 0 Å². The predicted octanol–water partition coefficient (Wildman–Crippen LogP) is 1.53. The Balaban J connectivity index is 3.25. The van der Waals surface area contributed by atoms with Crippen LogP contribution in [0.3, 0.4) is 0 Å². The molecule has 1 aromatic rings. The molecule has 0 aliphatic carbocycles. The fourth-order valence-corrected chi connectivity index (χ4v) is 2.85. The zero-order valence-electron chi connectivity index (χ0n) is 11.4. The summed E-state index contributed by atoms with van der Waals surface area (Å²) < 4.78 is 22.5. The number of anilines is 2. The number of benzene rings is 1. The highest BCUT2D eigenvalue weighted by molar-refractivity contribution is 7.90. The maximum absolute atomic E-state index is 11.2. The smallest absolute Gasteiger partial charge is 0.150 e. The fourth-order valence-electron chi connectivity index (χ4n) is 1.71. The van der Waals surface area contributed by atoms with E-state index in [1.165, 1.54) is 0 Å². The molecule has 0 saturated carbocycles. The molecule has 1 aromatic carbocycles. The lowest BCUT2D eigenvalue weighted by Crippen LogP contribution is -2.15. The number of aliphatic hydroxyl groups is 1. The second-order valence-electron chi connectivity index (χ2n) is 4.65. The Bertz CT molecular complexity index is 558. The molecule has 108 valence electrons. The van der Waals surface area contributed by atoms with Crippen molar-refractivity contribution < 1.29 is 13.5 Å². The molecular weight excluding hydrogens is 288 g/mol. The number of nitrogens with zero attached hydrogens (tertiary/aromatic N) is 1. The number of nitrogens with one attached hydrogen (secondary N) is 1. The minimum absolute atomic E-state index is 0.315. The molecule has 0 aromatic heterocycles. The van der Waals surface area contributed by atoms with Crippen LogP contribution < -0.4 is 10.2 Å². The van der Waals surface area contributed by atoms with Crippen LogP contribution in [0.4, 0.5) is 11.4 Å². The van der Waals surface area contributed by atoms with E-state index in [2.05, 4.69) is 5.32 Å².